The number of benzene rings is 2. The predicted molar refractivity (Wildman–Crippen MR) is 92.2 cm³/mol. The van der Waals surface area contributed by atoms with Crippen LogP contribution in [-0.2, 0) is 6.61 Å². The number of carbonyl (C=O) groups is 1. The molecule has 6 nitrogen and oxygen atoms in total. The molecule has 1 aliphatic heterocycles. The van der Waals surface area contributed by atoms with Crippen molar-refractivity contribution in [2.45, 2.75) is 12.6 Å². The van der Waals surface area contributed by atoms with Gasteiger partial charge in [-0.3, -0.25) is 4.79 Å². The fourth-order valence-electron chi connectivity index (χ4n) is 2.84. The van der Waals surface area contributed by atoms with Gasteiger partial charge in [-0.1, -0.05) is 41.6 Å². The van der Waals surface area contributed by atoms with Crippen molar-refractivity contribution in [1.82, 2.24) is 19.9 Å². The summed E-state index contributed by atoms with van der Waals surface area (Å²) in [6.45, 7) is 1.78. The number of hydrogen-bond acceptors (Lipinski definition) is 4. The number of carbonyl (C=O) groups excluding carboxylic acids is 1. The van der Waals surface area contributed by atoms with Gasteiger partial charge in [-0.2, -0.15) is 0 Å². The lowest BCUT2D eigenvalue weighted by atomic mass is 10.1. The van der Waals surface area contributed by atoms with Gasteiger partial charge in [-0.25, -0.2) is 4.68 Å². The highest BCUT2D eigenvalue weighted by Gasteiger charge is 2.32. The second-order valence-electron chi connectivity index (χ2n) is 6.05. The Hall–Kier alpha value is -3.15. The Morgan fingerprint density at radius 1 is 1.12 bits per heavy atom. The minimum atomic E-state index is 0.0153. The smallest absolute Gasteiger partial charge is 0.254 e. The molecule has 3 aromatic rings. The Bertz CT molecular complexity index is 843. The van der Waals surface area contributed by atoms with Crippen LogP contribution >= 0.6 is 0 Å². The first-order chi connectivity index (χ1) is 12.3. The summed E-state index contributed by atoms with van der Waals surface area (Å²) in [6, 6.07) is 17.5. The topological polar surface area (TPSA) is 60.2 Å². The summed E-state index contributed by atoms with van der Waals surface area (Å²) in [6.07, 6.45) is 3.47. The van der Waals surface area contributed by atoms with Crippen molar-refractivity contribution >= 4 is 5.91 Å². The normalized spacial score (nSPS) is 14.2. The molecule has 1 aliphatic rings. The van der Waals surface area contributed by atoms with E-state index in [9.17, 15) is 4.79 Å². The summed E-state index contributed by atoms with van der Waals surface area (Å²) in [5.74, 6) is 0.713. The van der Waals surface area contributed by atoms with Gasteiger partial charge < -0.3 is 9.64 Å². The SMILES string of the molecule is O=C(c1cccc(OCc2ccccc2)c1)N1CC(n2ccnn2)C1. The molecule has 0 N–H and O–H groups in total. The van der Waals surface area contributed by atoms with E-state index in [4.69, 9.17) is 4.74 Å². The Balaban J connectivity index is 1.37. The van der Waals surface area contributed by atoms with Gasteiger partial charge in [-0.05, 0) is 23.8 Å². The third-order valence-electron chi connectivity index (χ3n) is 4.29. The maximum atomic E-state index is 12.6. The molecule has 0 radical (unpaired) electrons. The van der Waals surface area contributed by atoms with Crippen molar-refractivity contribution in [1.29, 1.82) is 0 Å². The fraction of sp³-hybridized carbons (Fsp3) is 0.211. The van der Waals surface area contributed by atoms with Crippen LogP contribution in [0, 0.1) is 0 Å². The molecule has 126 valence electrons. The van der Waals surface area contributed by atoms with Crippen LogP contribution in [0.15, 0.2) is 67.0 Å². The number of ether oxygens (including phenoxy) is 1. The van der Waals surface area contributed by atoms with Gasteiger partial charge in [0.05, 0.1) is 12.2 Å². The number of amides is 1. The quantitative estimate of drug-likeness (QED) is 0.719. The van der Waals surface area contributed by atoms with E-state index in [1.165, 1.54) is 0 Å². The van der Waals surface area contributed by atoms with Crippen LogP contribution < -0.4 is 4.74 Å². The molecule has 4 rings (SSSR count). The minimum Gasteiger partial charge on any atom is -0.489 e. The lowest BCUT2D eigenvalue weighted by molar-refractivity contribution is 0.0498. The molecule has 1 fully saturated rings. The molecule has 0 atom stereocenters. The Labute approximate surface area is 145 Å². The molecule has 0 aliphatic carbocycles. The van der Waals surface area contributed by atoms with E-state index in [1.807, 2.05) is 59.6 Å². The van der Waals surface area contributed by atoms with Gasteiger partial charge in [-0.15, -0.1) is 5.10 Å². The fourth-order valence-corrected chi connectivity index (χ4v) is 2.84. The molecule has 0 unspecified atom stereocenters. The van der Waals surface area contributed by atoms with E-state index in [2.05, 4.69) is 10.3 Å². The molecule has 0 bridgehead atoms. The van der Waals surface area contributed by atoms with Crippen LogP contribution in [0.5, 0.6) is 5.75 Å². The first kappa shape index (κ1) is 15.4. The van der Waals surface area contributed by atoms with Gasteiger partial charge in [0.15, 0.2) is 0 Å². The second-order valence-corrected chi connectivity index (χ2v) is 6.05. The van der Waals surface area contributed by atoms with E-state index in [-0.39, 0.29) is 11.9 Å². The molecule has 25 heavy (non-hydrogen) atoms. The zero-order valence-electron chi connectivity index (χ0n) is 13.7. The molecule has 1 saturated heterocycles. The molecule has 2 aromatic carbocycles. The molecular formula is C19H18N4O2. The Kier molecular flexibility index (Phi) is 4.16. The van der Waals surface area contributed by atoms with Crippen LogP contribution in [0.4, 0.5) is 0 Å². The van der Waals surface area contributed by atoms with Crippen molar-refractivity contribution in [3.63, 3.8) is 0 Å². The summed E-state index contributed by atoms with van der Waals surface area (Å²) < 4.78 is 7.60. The van der Waals surface area contributed by atoms with E-state index in [0.29, 0.717) is 31.0 Å². The van der Waals surface area contributed by atoms with Crippen molar-refractivity contribution in [2.24, 2.45) is 0 Å². The van der Waals surface area contributed by atoms with Crippen LogP contribution in [0.2, 0.25) is 0 Å². The molecule has 0 saturated carbocycles. The maximum absolute atomic E-state index is 12.6. The number of rotatable bonds is 5. The van der Waals surface area contributed by atoms with Crippen molar-refractivity contribution < 1.29 is 9.53 Å². The molecule has 2 heterocycles. The first-order valence-corrected chi connectivity index (χ1v) is 8.21. The number of hydrogen-bond donors (Lipinski definition) is 0. The predicted octanol–water partition coefficient (Wildman–Crippen LogP) is 2.55. The number of aromatic nitrogens is 3. The van der Waals surface area contributed by atoms with Gasteiger partial charge in [0, 0.05) is 24.8 Å². The number of nitrogens with zero attached hydrogens (tertiary/aromatic N) is 4. The van der Waals surface area contributed by atoms with Crippen LogP contribution in [0.25, 0.3) is 0 Å². The Morgan fingerprint density at radius 3 is 2.72 bits per heavy atom. The largest absolute Gasteiger partial charge is 0.489 e. The van der Waals surface area contributed by atoms with Crippen LogP contribution in [0.3, 0.4) is 0 Å². The standard InChI is InChI=1S/C19H18N4O2/c24-19(22-12-17(13-22)23-10-9-20-21-23)16-7-4-8-18(11-16)25-14-15-5-2-1-3-6-15/h1-11,17H,12-14H2. The Morgan fingerprint density at radius 2 is 1.96 bits per heavy atom. The van der Waals surface area contributed by atoms with E-state index < -0.39 is 0 Å². The average molecular weight is 334 g/mol. The summed E-state index contributed by atoms with van der Waals surface area (Å²) in [7, 11) is 0. The molecule has 0 spiro atoms. The number of likely N-dealkylation sites (tertiary alicyclic amines) is 1. The highest BCUT2D eigenvalue weighted by atomic mass is 16.5. The molecular weight excluding hydrogens is 316 g/mol. The van der Waals surface area contributed by atoms with Crippen molar-refractivity contribution in [3.8, 4) is 5.75 Å². The summed E-state index contributed by atoms with van der Waals surface area (Å²) >= 11 is 0. The lowest BCUT2D eigenvalue weighted by Gasteiger charge is -2.38. The van der Waals surface area contributed by atoms with Gasteiger partial charge in [0.2, 0.25) is 0 Å². The van der Waals surface area contributed by atoms with E-state index in [1.54, 1.807) is 16.9 Å². The monoisotopic (exact) mass is 334 g/mol. The van der Waals surface area contributed by atoms with E-state index in [0.717, 1.165) is 5.56 Å². The van der Waals surface area contributed by atoms with Gasteiger partial charge >= 0.3 is 0 Å². The highest BCUT2D eigenvalue weighted by molar-refractivity contribution is 5.95. The molecule has 1 aromatic heterocycles. The third kappa shape index (κ3) is 3.38. The first-order valence-electron chi connectivity index (χ1n) is 8.21. The zero-order chi connectivity index (χ0) is 17.1. The van der Waals surface area contributed by atoms with Crippen LogP contribution in [-0.4, -0.2) is 38.9 Å². The van der Waals surface area contributed by atoms with Crippen molar-refractivity contribution in [3.05, 3.63) is 78.1 Å². The lowest BCUT2D eigenvalue weighted by Crippen LogP contribution is -2.50. The van der Waals surface area contributed by atoms with Crippen LogP contribution in [0.1, 0.15) is 22.0 Å². The van der Waals surface area contributed by atoms with Crippen molar-refractivity contribution in [2.75, 3.05) is 13.1 Å². The minimum absolute atomic E-state index is 0.0153. The molecule has 6 heteroatoms. The summed E-state index contributed by atoms with van der Waals surface area (Å²) in [5, 5.41) is 7.78. The van der Waals surface area contributed by atoms with E-state index >= 15 is 0 Å². The maximum Gasteiger partial charge on any atom is 0.254 e. The average Bonchev–Trinajstić information content (AvgIpc) is 3.14. The second kappa shape index (κ2) is 6.76. The highest BCUT2D eigenvalue weighted by Crippen LogP contribution is 2.24. The molecule has 1 amide bonds. The zero-order valence-corrected chi connectivity index (χ0v) is 13.7. The van der Waals surface area contributed by atoms with Gasteiger partial charge in [0.25, 0.3) is 5.91 Å². The third-order valence-corrected chi connectivity index (χ3v) is 4.29. The summed E-state index contributed by atoms with van der Waals surface area (Å²) in [4.78, 5) is 14.4. The summed E-state index contributed by atoms with van der Waals surface area (Å²) in [5.41, 5.74) is 1.74. The van der Waals surface area contributed by atoms with Gasteiger partial charge in [0.1, 0.15) is 12.4 Å².